The molecule has 0 amide bonds. The minimum Gasteiger partial charge on any atom is -0.496 e. The molecule has 0 saturated heterocycles. The fraction of sp³-hybridized carbons (Fsp3) is 0.438. The summed E-state index contributed by atoms with van der Waals surface area (Å²) in [5.41, 5.74) is 2.17. The Labute approximate surface area is 125 Å². The lowest BCUT2D eigenvalue weighted by Gasteiger charge is -2.12. The second-order valence-corrected chi connectivity index (χ2v) is 4.75. The Morgan fingerprint density at radius 1 is 1.33 bits per heavy atom. The average Bonchev–Trinajstić information content (AvgIpc) is 2.95. The molecule has 0 bridgehead atoms. The molecule has 5 nitrogen and oxygen atoms in total. The lowest BCUT2D eigenvalue weighted by molar-refractivity contribution is 0.147. The maximum atomic E-state index is 5.33. The molecule has 0 unspecified atom stereocenters. The highest BCUT2D eigenvalue weighted by molar-refractivity contribution is 5.47. The SMILES string of the molecule is CCOCCCNc1nccn1-c1ccc(OC)c(C)c1. The maximum absolute atomic E-state index is 5.33. The summed E-state index contributed by atoms with van der Waals surface area (Å²) in [7, 11) is 1.69. The van der Waals surface area contributed by atoms with Gasteiger partial charge in [0.05, 0.1) is 7.11 Å². The fourth-order valence-corrected chi connectivity index (χ4v) is 2.17. The number of nitrogens with zero attached hydrogens (tertiary/aromatic N) is 2. The third-order valence-corrected chi connectivity index (χ3v) is 3.25. The van der Waals surface area contributed by atoms with E-state index >= 15 is 0 Å². The molecule has 0 aliphatic heterocycles. The molecule has 0 saturated carbocycles. The zero-order valence-electron chi connectivity index (χ0n) is 12.9. The standard InChI is InChI=1S/C16H23N3O2/c1-4-21-11-5-8-17-16-18-9-10-19(16)14-6-7-15(20-3)13(2)12-14/h6-7,9-10,12H,4-5,8,11H2,1-3H3,(H,17,18). The van der Waals surface area contributed by atoms with Crippen LogP contribution in [0.1, 0.15) is 18.9 Å². The third-order valence-electron chi connectivity index (χ3n) is 3.25. The number of hydrogen-bond acceptors (Lipinski definition) is 4. The van der Waals surface area contributed by atoms with Gasteiger partial charge in [-0.2, -0.15) is 0 Å². The number of benzene rings is 1. The van der Waals surface area contributed by atoms with Crippen LogP contribution < -0.4 is 10.1 Å². The van der Waals surface area contributed by atoms with Crippen LogP contribution in [0.15, 0.2) is 30.6 Å². The van der Waals surface area contributed by atoms with Gasteiger partial charge in [0.25, 0.3) is 0 Å². The number of aromatic nitrogens is 2. The first kappa shape index (κ1) is 15.4. The third kappa shape index (κ3) is 3.98. The zero-order valence-corrected chi connectivity index (χ0v) is 12.9. The topological polar surface area (TPSA) is 48.3 Å². The second kappa shape index (κ2) is 7.69. The lowest BCUT2D eigenvalue weighted by Crippen LogP contribution is -2.10. The van der Waals surface area contributed by atoms with E-state index in [0.29, 0.717) is 0 Å². The van der Waals surface area contributed by atoms with Crippen molar-refractivity contribution in [2.45, 2.75) is 20.3 Å². The number of methoxy groups -OCH3 is 1. The molecular weight excluding hydrogens is 266 g/mol. The summed E-state index contributed by atoms with van der Waals surface area (Å²) in [6.45, 7) is 6.42. The molecule has 2 aromatic rings. The van der Waals surface area contributed by atoms with Gasteiger partial charge >= 0.3 is 0 Å². The molecule has 21 heavy (non-hydrogen) atoms. The van der Waals surface area contributed by atoms with Crippen LogP contribution >= 0.6 is 0 Å². The van der Waals surface area contributed by atoms with Crippen molar-refractivity contribution in [2.24, 2.45) is 0 Å². The summed E-state index contributed by atoms with van der Waals surface area (Å²) in [5.74, 6) is 1.74. The van der Waals surface area contributed by atoms with Crippen LogP contribution in [0, 0.1) is 6.92 Å². The average molecular weight is 289 g/mol. The van der Waals surface area contributed by atoms with Crippen LogP contribution in [0.25, 0.3) is 5.69 Å². The molecule has 0 atom stereocenters. The first-order chi connectivity index (χ1) is 10.3. The minimum absolute atomic E-state index is 0.764. The van der Waals surface area contributed by atoms with E-state index in [1.54, 1.807) is 13.3 Å². The highest BCUT2D eigenvalue weighted by Crippen LogP contribution is 2.22. The highest BCUT2D eigenvalue weighted by Gasteiger charge is 2.06. The summed E-state index contributed by atoms with van der Waals surface area (Å²) in [6.07, 6.45) is 4.71. The summed E-state index contributed by atoms with van der Waals surface area (Å²) < 4.78 is 12.7. The van der Waals surface area contributed by atoms with Gasteiger partial charge in [-0.1, -0.05) is 0 Å². The molecule has 114 valence electrons. The monoisotopic (exact) mass is 289 g/mol. The van der Waals surface area contributed by atoms with Gasteiger partial charge in [-0.3, -0.25) is 4.57 Å². The molecule has 5 heteroatoms. The first-order valence-corrected chi connectivity index (χ1v) is 7.26. The molecule has 0 fully saturated rings. The Morgan fingerprint density at radius 3 is 2.90 bits per heavy atom. The number of rotatable bonds is 8. The van der Waals surface area contributed by atoms with Crippen LogP contribution in [0.2, 0.25) is 0 Å². The zero-order chi connectivity index (χ0) is 15.1. The van der Waals surface area contributed by atoms with E-state index in [4.69, 9.17) is 9.47 Å². The Morgan fingerprint density at radius 2 is 2.19 bits per heavy atom. The molecular formula is C16H23N3O2. The minimum atomic E-state index is 0.764. The molecule has 1 heterocycles. The molecule has 0 aliphatic carbocycles. The summed E-state index contributed by atoms with van der Waals surface area (Å²) in [5, 5.41) is 3.34. The molecule has 1 aromatic heterocycles. The number of anilines is 1. The van der Waals surface area contributed by atoms with Crippen LogP contribution in [-0.4, -0.2) is 36.4 Å². The van der Waals surface area contributed by atoms with E-state index in [2.05, 4.69) is 16.4 Å². The second-order valence-electron chi connectivity index (χ2n) is 4.75. The Bertz CT molecular complexity index is 566. The van der Waals surface area contributed by atoms with E-state index in [1.165, 1.54) is 0 Å². The van der Waals surface area contributed by atoms with Crippen molar-refractivity contribution in [3.8, 4) is 11.4 Å². The number of ether oxygens (including phenoxy) is 2. The summed E-state index contributed by atoms with van der Waals surface area (Å²) in [4.78, 5) is 4.36. The van der Waals surface area contributed by atoms with Crippen molar-refractivity contribution in [1.29, 1.82) is 0 Å². The predicted octanol–water partition coefficient (Wildman–Crippen LogP) is 3.03. The van der Waals surface area contributed by atoms with Gasteiger partial charge in [0.2, 0.25) is 5.95 Å². The largest absolute Gasteiger partial charge is 0.496 e. The van der Waals surface area contributed by atoms with Crippen molar-refractivity contribution in [3.63, 3.8) is 0 Å². The molecule has 0 aliphatic rings. The predicted molar refractivity (Wildman–Crippen MR) is 84.5 cm³/mol. The molecule has 0 radical (unpaired) electrons. The Balaban J connectivity index is 2.04. The van der Waals surface area contributed by atoms with Gasteiger partial charge in [-0.25, -0.2) is 4.98 Å². The Kier molecular flexibility index (Phi) is 5.63. The smallest absolute Gasteiger partial charge is 0.207 e. The molecule has 1 aromatic carbocycles. The van der Waals surface area contributed by atoms with Crippen LogP contribution in [0.3, 0.4) is 0 Å². The highest BCUT2D eigenvalue weighted by atomic mass is 16.5. The first-order valence-electron chi connectivity index (χ1n) is 7.26. The van der Waals surface area contributed by atoms with Gasteiger partial charge < -0.3 is 14.8 Å². The molecule has 2 rings (SSSR count). The number of hydrogen-bond donors (Lipinski definition) is 1. The quantitative estimate of drug-likeness (QED) is 0.759. The van der Waals surface area contributed by atoms with Crippen LogP contribution in [0.4, 0.5) is 5.95 Å². The summed E-state index contributed by atoms with van der Waals surface area (Å²) in [6, 6.07) is 6.09. The van der Waals surface area contributed by atoms with Crippen LogP contribution in [-0.2, 0) is 4.74 Å². The summed E-state index contributed by atoms with van der Waals surface area (Å²) >= 11 is 0. The number of nitrogens with one attached hydrogen (secondary N) is 1. The van der Waals surface area contributed by atoms with Gasteiger partial charge in [-0.15, -0.1) is 0 Å². The number of imidazole rings is 1. The molecule has 1 N–H and O–H groups in total. The Hall–Kier alpha value is -2.01. The van der Waals surface area contributed by atoms with Crippen molar-refractivity contribution in [3.05, 3.63) is 36.2 Å². The van der Waals surface area contributed by atoms with E-state index in [0.717, 1.165) is 49.1 Å². The maximum Gasteiger partial charge on any atom is 0.207 e. The van der Waals surface area contributed by atoms with E-state index < -0.39 is 0 Å². The van der Waals surface area contributed by atoms with Crippen LogP contribution in [0.5, 0.6) is 5.75 Å². The van der Waals surface area contributed by atoms with Gasteiger partial charge in [-0.05, 0) is 44.0 Å². The van der Waals surface area contributed by atoms with E-state index in [-0.39, 0.29) is 0 Å². The van der Waals surface area contributed by atoms with Gasteiger partial charge in [0, 0.05) is 37.8 Å². The van der Waals surface area contributed by atoms with Crippen molar-refractivity contribution in [1.82, 2.24) is 9.55 Å². The van der Waals surface area contributed by atoms with Gasteiger partial charge in [0.15, 0.2) is 0 Å². The number of aryl methyl sites for hydroxylation is 1. The van der Waals surface area contributed by atoms with Crippen molar-refractivity contribution < 1.29 is 9.47 Å². The lowest BCUT2D eigenvalue weighted by atomic mass is 10.2. The molecule has 0 spiro atoms. The van der Waals surface area contributed by atoms with Crippen molar-refractivity contribution in [2.75, 3.05) is 32.2 Å². The normalized spacial score (nSPS) is 10.6. The van der Waals surface area contributed by atoms with Gasteiger partial charge in [0.1, 0.15) is 5.75 Å². The van der Waals surface area contributed by atoms with E-state index in [1.807, 2.05) is 36.7 Å². The van der Waals surface area contributed by atoms with E-state index in [9.17, 15) is 0 Å². The van der Waals surface area contributed by atoms with Crippen molar-refractivity contribution >= 4 is 5.95 Å². The fourth-order valence-electron chi connectivity index (χ4n) is 2.17.